The quantitative estimate of drug-likeness (QED) is 0.820. The fourth-order valence-corrected chi connectivity index (χ4v) is 2.77. The lowest BCUT2D eigenvalue weighted by Crippen LogP contribution is -2.48. The van der Waals surface area contributed by atoms with Gasteiger partial charge in [-0.15, -0.1) is 0 Å². The van der Waals surface area contributed by atoms with E-state index in [9.17, 15) is 4.79 Å². The summed E-state index contributed by atoms with van der Waals surface area (Å²) in [4.78, 5) is 14.3. The third kappa shape index (κ3) is 3.98. The molecule has 1 aliphatic rings. The lowest BCUT2D eigenvalue weighted by Gasteiger charge is -2.37. The van der Waals surface area contributed by atoms with Gasteiger partial charge in [-0.25, -0.2) is 0 Å². The van der Waals surface area contributed by atoms with Gasteiger partial charge in [-0.05, 0) is 31.6 Å². The van der Waals surface area contributed by atoms with E-state index in [-0.39, 0.29) is 6.04 Å². The molecule has 0 unspecified atom stereocenters. The molecule has 100 valence electrons. The monoisotopic (exact) mass is 240 g/mol. The van der Waals surface area contributed by atoms with E-state index in [1.165, 1.54) is 0 Å². The van der Waals surface area contributed by atoms with Crippen LogP contribution in [0.2, 0.25) is 0 Å². The molecule has 0 aromatic carbocycles. The van der Waals surface area contributed by atoms with Gasteiger partial charge in [-0.1, -0.05) is 27.2 Å². The number of nitrogens with two attached hydrogens (primary N) is 1. The molecule has 17 heavy (non-hydrogen) atoms. The van der Waals surface area contributed by atoms with Gasteiger partial charge in [0.05, 0.1) is 0 Å². The first-order valence-electron chi connectivity index (χ1n) is 7.00. The summed E-state index contributed by atoms with van der Waals surface area (Å²) in [6.07, 6.45) is 3.69. The first kappa shape index (κ1) is 14.5. The predicted molar refractivity (Wildman–Crippen MR) is 71.6 cm³/mol. The van der Waals surface area contributed by atoms with Gasteiger partial charge in [0.25, 0.3) is 0 Å². The summed E-state index contributed by atoms with van der Waals surface area (Å²) in [6, 6.07) is 0.594. The fourth-order valence-electron chi connectivity index (χ4n) is 2.77. The number of hydrogen-bond acceptors (Lipinski definition) is 2. The van der Waals surface area contributed by atoms with Crippen LogP contribution in [0.5, 0.6) is 0 Å². The van der Waals surface area contributed by atoms with E-state index in [0.29, 0.717) is 30.2 Å². The Morgan fingerprint density at radius 3 is 2.59 bits per heavy atom. The highest BCUT2D eigenvalue weighted by Gasteiger charge is 2.28. The van der Waals surface area contributed by atoms with Crippen molar-refractivity contribution in [1.29, 1.82) is 0 Å². The van der Waals surface area contributed by atoms with Crippen LogP contribution in [-0.2, 0) is 4.79 Å². The normalized spacial score (nSPS) is 27.3. The lowest BCUT2D eigenvalue weighted by molar-refractivity contribution is -0.136. The first-order chi connectivity index (χ1) is 7.95. The molecule has 3 atom stereocenters. The van der Waals surface area contributed by atoms with Crippen LogP contribution in [0.3, 0.4) is 0 Å². The summed E-state index contributed by atoms with van der Waals surface area (Å²) >= 11 is 0. The summed E-state index contributed by atoms with van der Waals surface area (Å²) in [7, 11) is 0. The van der Waals surface area contributed by atoms with Gasteiger partial charge in [0.2, 0.25) is 5.91 Å². The zero-order chi connectivity index (χ0) is 13.0. The summed E-state index contributed by atoms with van der Waals surface area (Å²) in [5.74, 6) is 1.43. The number of amides is 1. The Labute approximate surface area is 106 Å². The average molecular weight is 240 g/mol. The fraction of sp³-hybridized carbons (Fsp3) is 0.929. The third-order valence-corrected chi connectivity index (χ3v) is 4.14. The minimum absolute atomic E-state index is 0.279. The van der Waals surface area contributed by atoms with Crippen LogP contribution >= 0.6 is 0 Å². The zero-order valence-corrected chi connectivity index (χ0v) is 11.8. The molecule has 3 nitrogen and oxygen atoms in total. The van der Waals surface area contributed by atoms with Gasteiger partial charge in [0.1, 0.15) is 0 Å². The number of nitrogens with zero attached hydrogens (tertiary/aromatic N) is 1. The van der Waals surface area contributed by atoms with E-state index in [0.717, 1.165) is 25.8 Å². The lowest BCUT2D eigenvalue weighted by atomic mass is 9.89. The first-order valence-corrected chi connectivity index (χ1v) is 7.00. The van der Waals surface area contributed by atoms with Crippen molar-refractivity contribution in [2.24, 2.45) is 17.6 Å². The SMILES string of the molecule is CC[C@H](CC(=O)N1CC[C@H](N)C[C@H]1C)C(C)C. The zero-order valence-electron chi connectivity index (χ0n) is 11.8. The number of carbonyl (C=O) groups excluding carboxylic acids is 1. The Morgan fingerprint density at radius 2 is 2.12 bits per heavy atom. The highest BCUT2D eigenvalue weighted by molar-refractivity contribution is 5.76. The highest BCUT2D eigenvalue weighted by atomic mass is 16.2. The third-order valence-electron chi connectivity index (χ3n) is 4.14. The summed E-state index contributed by atoms with van der Waals surface area (Å²) < 4.78 is 0. The average Bonchev–Trinajstić information content (AvgIpc) is 2.24. The number of hydrogen-bond donors (Lipinski definition) is 1. The van der Waals surface area contributed by atoms with Crippen molar-refractivity contribution in [3.63, 3.8) is 0 Å². The number of likely N-dealkylation sites (tertiary alicyclic amines) is 1. The van der Waals surface area contributed by atoms with Gasteiger partial charge in [0, 0.05) is 25.0 Å². The maximum Gasteiger partial charge on any atom is 0.223 e. The minimum atomic E-state index is 0.279. The molecule has 0 saturated carbocycles. The molecule has 0 aromatic rings. The molecule has 1 aliphatic heterocycles. The molecule has 1 rings (SSSR count). The van der Waals surface area contributed by atoms with Crippen LogP contribution in [0.1, 0.15) is 53.4 Å². The van der Waals surface area contributed by atoms with Crippen LogP contribution < -0.4 is 5.73 Å². The van der Waals surface area contributed by atoms with Crippen LogP contribution in [0.25, 0.3) is 0 Å². The van der Waals surface area contributed by atoms with Gasteiger partial charge >= 0.3 is 0 Å². The van der Waals surface area contributed by atoms with Crippen LogP contribution in [0, 0.1) is 11.8 Å². The second kappa shape index (κ2) is 6.39. The van der Waals surface area contributed by atoms with Gasteiger partial charge in [-0.3, -0.25) is 4.79 Å². The van der Waals surface area contributed by atoms with Crippen LogP contribution in [0.15, 0.2) is 0 Å². The maximum atomic E-state index is 12.3. The van der Waals surface area contributed by atoms with E-state index in [1.807, 2.05) is 4.90 Å². The molecule has 0 bridgehead atoms. The van der Waals surface area contributed by atoms with Crippen molar-refractivity contribution < 1.29 is 4.79 Å². The number of piperidine rings is 1. The second-order valence-corrected chi connectivity index (χ2v) is 5.84. The van der Waals surface area contributed by atoms with E-state index in [1.54, 1.807) is 0 Å². The van der Waals surface area contributed by atoms with E-state index in [2.05, 4.69) is 27.7 Å². The van der Waals surface area contributed by atoms with Crippen LogP contribution in [-0.4, -0.2) is 29.4 Å². The maximum absolute atomic E-state index is 12.3. The second-order valence-electron chi connectivity index (χ2n) is 5.84. The van der Waals surface area contributed by atoms with E-state index >= 15 is 0 Å². The molecule has 1 saturated heterocycles. The molecule has 1 amide bonds. The van der Waals surface area contributed by atoms with Crippen molar-refractivity contribution in [1.82, 2.24) is 4.90 Å². The van der Waals surface area contributed by atoms with Crippen molar-refractivity contribution in [2.45, 2.75) is 65.5 Å². The van der Waals surface area contributed by atoms with Crippen LogP contribution in [0.4, 0.5) is 0 Å². The van der Waals surface area contributed by atoms with Crippen molar-refractivity contribution in [2.75, 3.05) is 6.54 Å². The van der Waals surface area contributed by atoms with Gasteiger partial charge < -0.3 is 10.6 Å². The molecule has 3 heteroatoms. The largest absolute Gasteiger partial charge is 0.340 e. The van der Waals surface area contributed by atoms with E-state index in [4.69, 9.17) is 5.73 Å². The Hall–Kier alpha value is -0.570. The van der Waals surface area contributed by atoms with E-state index < -0.39 is 0 Å². The summed E-state index contributed by atoms with van der Waals surface area (Å²) in [6.45, 7) is 9.55. The standard InChI is InChI=1S/C14H28N2O/c1-5-12(10(2)3)9-14(17)16-7-6-13(15)8-11(16)4/h10-13H,5-9,15H2,1-4H3/t11-,12-,13+/m1/s1. The Bertz CT molecular complexity index is 253. The molecule has 0 aromatic heterocycles. The molecular weight excluding hydrogens is 212 g/mol. The Morgan fingerprint density at radius 1 is 1.47 bits per heavy atom. The van der Waals surface area contributed by atoms with Gasteiger partial charge in [0.15, 0.2) is 0 Å². The minimum Gasteiger partial charge on any atom is -0.340 e. The molecule has 1 heterocycles. The van der Waals surface area contributed by atoms with Crippen molar-refractivity contribution >= 4 is 5.91 Å². The van der Waals surface area contributed by atoms with Crippen molar-refractivity contribution in [3.05, 3.63) is 0 Å². The Balaban J connectivity index is 2.52. The molecule has 0 spiro atoms. The molecular formula is C14H28N2O. The molecule has 0 aliphatic carbocycles. The number of carbonyl (C=O) groups is 1. The molecule has 0 radical (unpaired) electrons. The highest BCUT2D eigenvalue weighted by Crippen LogP contribution is 2.23. The smallest absolute Gasteiger partial charge is 0.223 e. The number of rotatable bonds is 4. The van der Waals surface area contributed by atoms with Gasteiger partial charge in [-0.2, -0.15) is 0 Å². The molecule has 2 N–H and O–H groups in total. The Kier molecular flexibility index (Phi) is 5.44. The van der Waals surface area contributed by atoms with Crippen molar-refractivity contribution in [3.8, 4) is 0 Å². The topological polar surface area (TPSA) is 46.3 Å². The molecule has 1 fully saturated rings. The summed E-state index contributed by atoms with van der Waals surface area (Å²) in [5.41, 5.74) is 5.93. The summed E-state index contributed by atoms with van der Waals surface area (Å²) in [5, 5.41) is 0. The predicted octanol–water partition coefficient (Wildman–Crippen LogP) is 2.40.